The van der Waals surface area contributed by atoms with Crippen molar-refractivity contribution in [1.82, 2.24) is 0 Å². The lowest BCUT2D eigenvalue weighted by Gasteiger charge is -2.43. The fourth-order valence-electron chi connectivity index (χ4n) is 4.10. The zero-order valence-corrected chi connectivity index (χ0v) is 17.2. The summed E-state index contributed by atoms with van der Waals surface area (Å²) in [5.74, 6) is 1.50. The molecule has 2 N–H and O–H groups in total. The van der Waals surface area contributed by atoms with E-state index in [4.69, 9.17) is 4.74 Å². The van der Waals surface area contributed by atoms with Gasteiger partial charge in [0.15, 0.2) is 0 Å². The maximum atomic E-state index is 11.3. The molecule has 6 heteroatoms. The first-order valence-electron chi connectivity index (χ1n) is 9.62. The average molecular weight is 405 g/mol. The van der Waals surface area contributed by atoms with E-state index in [0.29, 0.717) is 18.8 Å². The maximum Gasteiger partial charge on any atom is 0.147 e. The van der Waals surface area contributed by atoms with Crippen LogP contribution in [0.5, 0.6) is 17.2 Å². The summed E-state index contributed by atoms with van der Waals surface area (Å²) in [6, 6.07) is 12.5. The third kappa shape index (κ3) is 4.61. The van der Waals surface area contributed by atoms with E-state index in [1.165, 1.54) is 6.26 Å². The quantitative estimate of drug-likeness (QED) is 0.678. The van der Waals surface area contributed by atoms with Crippen LogP contribution in [0.25, 0.3) is 0 Å². The number of hydrogen-bond acceptors (Lipinski definition) is 5. The monoisotopic (exact) mass is 404 g/mol. The van der Waals surface area contributed by atoms with Gasteiger partial charge in [0.1, 0.15) is 27.1 Å². The van der Waals surface area contributed by atoms with E-state index in [1.54, 1.807) is 24.3 Å². The minimum atomic E-state index is -2.92. The Morgan fingerprint density at radius 1 is 1.04 bits per heavy atom. The lowest BCUT2D eigenvalue weighted by atomic mass is 9.66. The summed E-state index contributed by atoms with van der Waals surface area (Å²) < 4.78 is 28.7. The highest BCUT2D eigenvalue weighted by molar-refractivity contribution is 7.90. The Morgan fingerprint density at radius 3 is 2.39 bits per heavy atom. The van der Waals surface area contributed by atoms with Gasteiger partial charge in [0.2, 0.25) is 0 Å². The van der Waals surface area contributed by atoms with Crippen molar-refractivity contribution in [2.75, 3.05) is 18.6 Å². The molecule has 0 bridgehead atoms. The minimum Gasteiger partial charge on any atom is -0.508 e. The Morgan fingerprint density at radius 2 is 1.71 bits per heavy atom. The van der Waals surface area contributed by atoms with Crippen molar-refractivity contribution in [3.63, 3.8) is 0 Å². The molecule has 1 heterocycles. The van der Waals surface area contributed by atoms with E-state index in [2.05, 4.69) is 6.92 Å². The number of unbranched alkanes of at least 4 members (excludes halogenated alkanes) is 2. The van der Waals surface area contributed by atoms with E-state index < -0.39 is 9.84 Å². The highest BCUT2D eigenvalue weighted by Gasteiger charge is 2.42. The molecule has 2 atom stereocenters. The standard InChI is InChI=1S/C22H28O5S/c1-22(16-7-9-17(23)10-8-16)15-27-21-14-18(24)11-12-19(21)20(22)6-4-3-5-13-28(2,25)26/h7-12,14,20,23-24H,3-6,13,15H2,1-2H3. The van der Waals surface area contributed by atoms with Crippen LogP contribution < -0.4 is 4.74 Å². The number of phenolic OH excluding ortho intramolecular Hbond substituents is 2. The SMILES string of the molecule is CC1(c2ccc(O)cc2)COc2cc(O)ccc2C1CCCCCS(C)(=O)=O. The molecule has 0 aliphatic carbocycles. The average Bonchev–Trinajstić information content (AvgIpc) is 2.62. The summed E-state index contributed by atoms with van der Waals surface area (Å²) in [4.78, 5) is 0. The van der Waals surface area contributed by atoms with Crippen LogP contribution in [0.1, 0.15) is 49.7 Å². The summed E-state index contributed by atoms with van der Waals surface area (Å²) in [6.07, 6.45) is 4.59. The third-order valence-corrected chi connectivity index (χ3v) is 6.73. The second-order valence-corrected chi connectivity index (χ2v) is 10.3. The number of rotatable bonds is 7. The first-order valence-corrected chi connectivity index (χ1v) is 11.7. The van der Waals surface area contributed by atoms with Gasteiger partial charge in [-0.3, -0.25) is 0 Å². The highest BCUT2D eigenvalue weighted by Crippen LogP contribution is 2.49. The Kier molecular flexibility index (Phi) is 5.89. The molecule has 1 aliphatic heterocycles. The van der Waals surface area contributed by atoms with E-state index in [0.717, 1.165) is 30.4 Å². The van der Waals surface area contributed by atoms with Crippen LogP contribution in [0, 0.1) is 0 Å². The molecule has 0 saturated carbocycles. The van der Waals surface area contributed by atoms with Crippen LogP contribution in [-0.2, 0) is 15.3 Å². The molecule has 0 saturated heterocycles. The molecule has 28 heavy (non-hydrogen) atoms. The van der Waals surface area contributed by atoms with Gasteiger partial charge in [-0.05, 0) is 42.2 Å². The fourth-order valence-corrected chi connectivity index (χ4v) is 4.83. The fraction of sp³-hybridized carbons (Fsp3) is 0.455. The van der Waals surface area contributed by atoms with Crippen molar-refractivity contribution < 1.29 is 23.4 Å². The highest BCUT2D eigenvalue weighted by atomic mass is 32.2. The normalized spacial score (nSPS) is 21.7. The van der Waals surface area contributed by atoms with E-state index in [1.807, 2.05) is 18.2 Å². The first kappa shape index (κ1) is 20.5. The molecule has 0 aromatic heterocycles. The van der Waals surface area contributed by atoms with Gasteiger partial charge in [-0.2, -0.15) is 0 Å². The second-order valence-electron chi connectivity index (χ2n) is 8.01. The Hall–Kier alpha value is -2.21. The summed E-state index contributed by atoms with van der Waals surface area (Å²) in [7, 11) is -2.92. The van der Waals surface area contributed by atoms with Crippen molar-refractivity contribution >= 4 is 9.84 Å². The molecule has 0 amide bonds. The van der Waals surface area contributed by atoms with Crippen molar-refractivity contribution in [2.45, 2.75) is 43.9 Å². The molecule has 152 valence electrons. The smallest absolute Gasteiger partial charge is 0.147 e. The second kappa shape index (κ2) is 8.03. The van der Waals surface area contributed by atoms with Crippen molar-refractivity contribution in [3.8, 4) is 17.2 Å². The molecule has 2 aromatic carbocycles. The molecular weight excluding hydrogens is 376 g/mol. The zero-order chi connectivity index (χ0) is 20.4. The van der Waals surface area contributed by atoms with E-state index in [9.17, 15) is 18.6 Å². The molecule has 2 aromatic rings. The molecule has 0 fully saturated rings. The molecule has 1 aliphatic rings. The minimum absolute atomic E-state index is 0.166. The lowest BCUT2D eigenvalue weighted by Crippen LogP contribution is -2.40. The van der Waals surface area contributed by atoms with Gasteiger partial charge in [-0.1, -0.05) is 38.0 Å². The van der Waals surface area contributed by atoms with Crippen LogP contribution in [0.3, 0.4) is 0 Å². The predicted octanol–water partition coefficient (Wildman–Crippen LogP) is 4.14. The van der Waals surface area contributed by atoms with E-state index >= 15 is 0 Å². The van der Waals surface area contributed by atoms with Crippen molar-refractivity contribution in [1.29, 1.82) is 0 Å². The van der Waals surface area contributed by atoms with Gasteiger partial charge < -0.3 is 14.9 Å². The van der Waals surface area contributed by atoms with Crippen molar-refractivity contribution in [3.05, 3.63) is 53.6 Å². The molecule has 0 radical (unpaired) electrons. The number of ether oxygens (including phenoxy) is 1. The van der Waals surface area contributed by atoms with Crippen LogP contribution in [0.2, 0.25) is 0 Å². The van der Waals surface area contributed by atoms with Crippen LogP contribution >= 0.6 is 0 Å². The van der Waals surface area contributed by atoms with Gasteiger partial charge >= 0.3 is 0 Å². The Labute approximate surface area is 166 Å². The Balaban J connectivity index is 1.84. The summed E-state index contributed by atoms with van der Waals surface area (Å²) in [5.41, 5.74) is 1.86. The summed E-state index contributed by atoms with van der Waals surface area (Å²) in [6.45, 7) is 2.64. The number of sulfone groups is 1. The number of phenols is 2. The van der Waals surface area contributed by atoms with Crippen molar-refractivity contribution in [2.24, 2.45) is 0 Å². The maximum absolute atomic E-state index is 11.3. The van der Waals surface area contributed by atoms with Crippen LogP contribution in [-0.4, -0.2) is 37.2 Å². The van der Waals surface area contributed by atoms with Gasteiger partial charge in [0.25, 0.3) is 0 Å². The number of fused-ring (bicyclic) bond motifs is 1. The number of hydrogen-bond donors (Lipinski definition) is 2. The number of aromatic hydroxyl groups is 2. The molecule has 3 rings (SSSR count). The first-order chi connectivity index (χ1) is 13.2. The zero-order valence-electron chi connectivity index (χ0n) is 16.4. The largest absolute Gasteiger partial charge is 0.508 e. The summed E-state index contributed by atoms with van der Waals surface area (Å²) in [5, 5.41) is 19.5. The predicted molar refractivity (Wildman–Crippen MR) is 110 cm³/mol. The van der Waals surface area contributed by atoms with Gasteiger partial charge in [0, 0.05) is 29.4 Å². The third-order valence-electron chi connectivity index (χ3n) is 5.70. The molecular formula is C22H28O5S. The van der Waals surface area contributed by atoms with Gasteiger partial charge in [0.05, 0.1) is 6.61 Å². The van der Waals surface area contributed by atoms with Gasteiger partial charge in [-0.15, -0.1) is 0 Å². The molecule has 5 nitrogen and oxygen atoms in total. The molecule has 2 unspecified atom stereocenters. The lowest BCUT2D eigenvalue weighted by molar-refractivity contribution is 0.162. The van der Waals surface area contributed by atoms with Gasteiger partial charge in [-0.25, -0.2) is 8.42 Å². The summed E-state index contributed by atoms with van der Waals surface area (Å²) >= 11 is 0. The van der Waals surface area contributed by atoms with Crippen LogP contribution in [0.4, 0.5) is 0 Å². The number of benzene rings is 2. The topological polar surface area (TPSA) is 83.8 Å². The van der Waals surface area contributed by atoms with E-state index in [-0.39, 0.29) is 28.6 Å². The molecule has 0 spiro atoms. The Bertz CT molecular complexity index is 920. The van der Waals surface area contributed by atoms with Crippen LogP contribution in [0.15, 0.2) is 42.5 Å².